The molecule has 0 bridgehead atoms. The van der Waals surface area contributed by atoms with E-state index in [0.717, 1.165) is 25.8 Å². The SMILES string of the molecule is CC[C@@H]1CCCCN1C(=O)[C@H]1CC=CC[C@@H]1C(=O)O. The number of carbonyl (C=O) groups excluding carboxylic acids is 1. The first-order valence-electron chi connectivity index (χ1n) is 7.33. The maximum Gasteiger partial charge on any atom is 0.307 e. The molecule has 1 amide bonds. The van der Waals surface area contributed by atoms with Gasteiger partial charge in [0.05, 0.1) is 11.8 Å². The normalized spacial score (nSPS) is 31.2. The number of hydrogen-bond donors (Lipinski definition) is 1. The molecule has 0 aromatic heterocycles. The predicted molar refractivity (Wildman–Crippen MR) is 72.6 cm³/mol. The molecule has 1 aliphatic heterocycles. The van der Waals surface area contributed by atoms with Crippen molar-refractivity contribution in [3.63, 3.8) is 0 Å². The van der Waals surface area contributed by atoms with Gasteiger partial charge < -0.3 is 10.0 Å². The third-order valence-corrected chi connectivity index (χ3v) is 4.45. The van der Waals surface area contributed by atoms with Crippen LogP contribution in [0.4, 0.5) is 0 Å². The van der Waals surface area contributed by atoms with Crippen LogP contribution < -0.4 is 0 Å². The number of amides is 1. The van der Waals surface area contributed by atoms with Crippen LogP contribution in [0.25, 0.3) is 0 Å². The lowest BCUT2D eigenvalue weighted by molar-refractivity contribution is -0.152. The summed E-state index contributed by atoms with van der Waals surface area (Å²) in [6.07, 6.45) is 9.13. The number of piperidine rings is 1. The fraction of sp³-hybridized carbons (Fsp3) is 0.733. The van der Waals surface area contributed by atoms with Gasteiger partial charge in [-0.15, -0.1) is 0 Å². The largest absolute Gasteiger partial charge is 0.481 e. The van der Waals surface area contributed by atoms with Crippen molar-refractivity contribution in [2.45, 2.75) is 51.5 Å². The second kappa shape index (κ2) is 6.22. The molecule has 0 unspecified atom stereocenters. The molecule has 1 N–H and O–H groups in total. The molecule has 4 heteroatoms. The van der Waals surface area contributed by atoms with E-state index in [9.17, 15) is 14.7 Å². The summed E-state index contributed by atoms with van der Waals surface area (Å²) >= 11 is 0. The van der Waals surface area contributed by atoms with Gasteiger partial charge in [-0.1, -0.05) is 19.1 Å². The van der Waals surface area contributed by atoms with Gasteiger partial charge in [-0.2, -0.15) is 0 Å². The minimum absolute atomic E-state index is 0.0586. The molecule has 106 valence electrons. The maximum atomic E-state index is 12.7. The number of rotatable bonds is 3. The Kier molecular flexibility index (Phi) is 4.61. The molecule has 0 aromatic rings. The molecule has 4 nitrogen and oxygen atoms in total. The lowest BCUT2D eigenvalue weighted by Gasteiger charge is -2.39. The summed E-state index contributed by atoms with van der Waals surface area (Å²) in [5.74, 6) is -1.69. The van der Waals surface area contributed by atoms with Gasteiger partial charge in [0.1, 0.15) is 0 Å². The Morgan fingerprint density at radius 1 is 1.21 bits per heavy atom. The van der Waals surface area contributed by atoms with Crippen LogP contribution in [-0.4, -0.2) is 34.5 Å². The van der Waals surface area contributed by atoms with Crippen molar-refractivity contribution >= 4 is 11.9 Å². The van der Waals surface area contributed by atoms with E-state index < -0.39 is 11.9 Å². The molecule has 1 heterocycles. The van der Waals surface area contributed by atoms with Crippen LogP contribution >= 0.6 is 0 Å². The summed E-state index contributed by atoms with van der Waals surface area (Å²) in [6.45, 7) is 2.90. The summed E-state index contributed by atoms with van der Waals surface area (Å²) in [5, 5.41) is 9.27. The van der Waals surface area contributed by atoms with Gasteiger partial charge in [-0.05, 0) is 38.5 Å². The highest BCUT2D eigenvalue weighted by atomic mass is 16.4. The molecule has 2 aliphatic rings. The van der Waals surface area contributed by atoms with Gasteiger partial charge in [0, 0.05) is 12.6 Å². The standard InChI is InChI=1S/C15H23NO3/c1-2-11-7-5-6-10-16(11)14(17)12-8-3-4-9-13(12)15(18)19/h3-4,11-13H,2,5-10H2,1H3,(H,18,19)/t11-,12+,13+/m1/s1. The first-order valence-corrected chi connectivity index (χ1v) is 7.33. The van der Waals surface area contributed by atoms with Crippen LogP contribution in [0, 0.1) is 11.8 Å². The summed E-state index contributed by atoms with van der Waals surface area (Å²) in [6, 6.07) is 0.307. The number of aliphatic carboxylic acids is 1. The van der Waals surface area contributed by atoms with E-state index in [1.807, 2.05) is 17.1 Å². The van der Waals surface area contributed by atoms with Crippen LogP contribution in [0.2, 0.25) is 0 Å². The molecular weight excluding hydrogens is 242 g/mol. The molecule has 0 aromatic carbocycles. The third-order valence-electron chi connectivity index (χ3n) is 4.45. The summed E-state index contributed by atoms with van der Waals surface area (Å²) in [7, 11) is 0. The molecular formula is C15H23NO3. The lowest BCUT2D eigenvalue weighted by Crippen LogP contribution is -2.48. The highest BCUT2D eigenvalue weighted by molar-refractivity contribution is 5.85. The Balaban J connectivity index is 2.12. The van der Waals surface area contributed by atoms with Crippen LogP contribution in [0.3, 0.4) is 0 Å². The van der Waals surface area contributed by atoms with Crippen LogP contribution in [0.5, 0.6) is 0 Å². The van der Waals surface area contributed by atoms with Gasteiger partial charge in [-0.3, -0.25) is 9.59 Å². The van der Waals surface area contributed by atoms with Crippen LogP contribution in [-0.2, 0) is 9.59 Å². The Hall–Kier alpha value is -1.32. The van der Waals surface area contributed by atoms with Crippen LogP contribution in [0.1, 0.15) is 45.4 Å². The Morgan fingerprint density at radius 3 is 2.53 bits per heavy atom. The molecule has 2 rings (SSSR count). The number of likely N-dealkylation sites (tertiary alicyclic amines) is 1. The van der Waals surface area contributed by atoms with Crippen molar-refractivity contribution in [3.05, 3.63) is 12.2 Å². The van der Waals surface area contributed by atoms with Gasteiger partial charge in [-0.25, -0.2) is 0 Å². The van der Waals surface area contributed by atoms with Crippen molar-refractivity contribution in [2.75, 3.05) is 6.54 Å². The van der Waals surface area contributed by atoms with Gasteiger partial charge in [0.15, 0.2) is 0 Å². The molecule has 19 heavy (non-hydrogen) atoms. The van der Waals surface area contributed by atoms with Crippen molar-refractivity contribution in [2.24, 2.45) is 11.8 Å². The quantitative estimate of drug-likeness (QED) is 0.797. The highest BCUT2D eigenvalue weighted by Crippen LogP contribution is 2.30. The van der Waals surface area contributed by atoms with Crippen molar-refractivity contribution < 1.29 is 14.7 Å². The second-order valence-electron chi connectivity index (χ2n) is 5.58. The Morgan fingerprint density at radius 2 is 1.89 bits per heavy atom. The number of carboxylic acids is 1. The van der Waals surface area contributed by atoms with Crippen LogP contribution in [0.15, 0.2) is 12.2 Å². The summed E-state index contributed by atoms with van der Waals surface area (Å²) < 4.78 is 0. The molecule has 1 fully saturated rings. The summed E-state index contributed by atoms with van der Waals surface area (Å²) in [4.78, 5) is 25.9. The van der Waals surface area contributed by atoms with E-state index in [4.69, 9.17) is 0 Å². The van der Waals surface area contributed by atoms with E-state index in [-0.39, 0.29) is 11.8 Å². The molecule has 0 radical (unpaired) electrons. The predicted octanol–water partition coefficient (Wildman–Crippen LogP) is 2.44. The zero-order valence-electron chi connectivity index (χ0n) is 11.5. The number of nitrogens with zero attached hydrogens (tertiary/aromatic N) is 1. The number of carboxylic acid groups (broad SMARTS) is 1. The van der Waals surface area contributed by atoms with Gasteiger partial charge >= 0.3 is 5.97 Å². The average molecular weight is 265 g/mol. The van der Waals surface area contributed by atoms with E-state index in [1.54, 1.807) is 0 Å². The number of hydrogen-bond acceptors (Lipinski definition) is 2. The molecule has 0 saturated carbocycles. The fourth-order valence-electron chi connectivity index (χ4n) is 3.29. The fourth-order valence-corrected chi connectivity index (χ4v) is 3.29. The topological polar surface area (TPSA) is 57.6 Å². The number of allylic oxidation sites excluding steroid dienone is 2. The minimum Gasteiger partial charge on any atom is -0.481 e. The summed E-state index contributed by atoms with van der Waals surface area (Å²) in [5.41, 5.74) is 0. The molecule has 1 saturated heterocycles. The zero-order valence-corrected chi connectivity index (χ0v) is 11.5. The van der Waals surface area contributed by atoms with E-state index >= 15 is 0 Å². The monoisotopic (exact) mass is 265 g/mol. The highest BCUT2D eigenvalue weighted by Gasteiger charge is 2.38. The average Bonchev–Trinajstić information content (AvgIpc) is 2.46. The molecule has 0 spiro atoms. The Labute approximate surface area is 114 Å². The smallest absolute Gasteiger partial charge is 0.307 e. The van der Waals surface area contributed by atoms with Crippen molar-refractivity contribution in [1.29, 1.82) is 0 Å². The van der Waals surface area contributed by atoms with E-state index in [0.29, 0.717) is 18.9 Å². The van der Waals surface area contributed by atoms with Crippen molar-refractivity contribution in [3.8, 4) is 0 Å². The first kappa shape index (κ1) is 14.1. The third kappa shape index (κ3) is 2.99. The molecule has 3 atom stereocenters. The maximum absolute atomic E-state index is 12.7. The molecule has 1 aliphatic carbocycles. The lowest BCUT2D eigenvalue weighted by atomic mass is 9.81. The van der Waals surface area contributed by atoms with E-state index in [2.05, 4.69) is 6.92 Å². The Bertz CT molecular complexity index is 378. The van der Waals surface area contributed by atoms with Crippen molar-refractivity contribution in [1.82, 2.24) is 4.90 Å². The number of carbonyl (C=O) groups is 2. The minimum atomic E-state index is -0.840. The van der Waals surface area contributed by atoms with E-state index in [1.165, 1.54) is 6.42 Å². The van der Waals surface area contributed by atoms with Gasteiger partial charge in [0.25, 0.3) is 0 Å². The zero-order chi connectivity index (χ0) is 13.8. The second-order valence-corrected chi connectivity index (χ2v) is 5.58. The first-order chi connectivity index (χ1) is 9.15. The van der Waals surface area contributed by atoms with Gasteiger partial charge in [0.2, 0.25) is 5.91 Å².